The van der Waals surface area contributed by atoms with Gasteiger partial charge in [0.1, 0.15) is 6.61 Å². The van der Waals surface area contributed by atoms with Crippen molar-refractivity contribution in [2.45, 2.75) is 6.61 Å². The van der Waals surface area contributed by atoms with E-state index in [1.165, 1.54) is 0 Å². The van der Waals surface area contributed by atoms with E-state index < -0.39 is 5.97 Å². The molecule has 0 atom stereocenters. The summed E-state index contributed by atoms with van der Waals surface area (Å²) in [6.07, 6.45) is 5.69. The fourth-order valence-corrected chi connectivity index (χ4v) is 3.22. The van der Waals surface area contributed by atoms with Crippen LogP contribution in [0.5, 0.6) is 0 Å². The Balaban J connectivity index is 0.00000225. The summed E-state index contributed by atoms with van der Waals surface area (Å²) in [6, 6.07) is 15.5. The number of pyridine rings is 1. The van der Waals surface area contributed by atoms with E-state index in [0.717, 1.165) is 27.5 Å². The third-order valence-corrected chi connectivity index (χ3v) is 4.46. The van der Waals surface area contributed by atoms with Crippen LogP contribution in [0.25, 0.3) is 33.8 Å². The van der Waals surface area contributed by atoms with Gasteiger partial charge in [0, 0.05) is 22.4 Å². The summed E-state index contributed by atoms with van der Waals surface area (Å²) in [5.41, 5.74) is 3.20. The lowest BCUT2D eigenvalue weighted by Gasteiger charge is -2.02. The van der Waals surface area contributed by atoms with E-state index in [-0.39, 0.29) is 24.6 Å². The number of carboxylic acid groups (broad SMARTS) is 1. The SMILES string of the molecule is Cl.NOCc1[nH]c2c(ccc3cnc(/C=C/c4ccccc4)cc32)c1C(=O)O. The highest BCUT2D eigenvalue weighted by Crippen LogP contribution is 2.30. The maximum atomic E-state index is 11.7. The van der Waals surface area contributed by atoms with Gasteiger partial charge in [-0.15, -0.1) is 12.4 Å². The van der Waals surface area contributed by atoms with Crippen molar-refractivity contribution < 1.29 is 14.7 Å². The predicted molar refractivity (Wildman–Crippen MR) is 112 cm³/mol. The van der Waals surface area contributed by atoms with E-state index in [4.69, 9.17) is 5.90 Å². The van der Waals surface area contributed by atoms with Crippen molar-refractivity contribution >= 4 is 52.2 Å². The lowest BCUT2D eigenvalue weighted by molar-refractivity contribution is 0.0689. The fraction of sp³-hybridized carbons (Fsp3) is 0.0476. The zero-order chi connectivity index (χ0) is 18.8. The van der Waals surface area contributed by atoms with E-state index in [1.54, 1.807) is 12.3 Å². The number of aromatic amines is 1. The molecule has 4 N–H and O–H groups in total. The largest absolute Gasteiger partial charge is 0.478 e. The lowest BCUT2D eigenvalue weighted by Crippen LogP contribution is -2.05. The Labute approximate surface area is 167 Å². The Morgan fingerprint density at radius 2 is 1.93 bits per heavy atom. The standard InChI is InChI=1S/C21H17N3O3.ClH/c22-27-12-18-19(21(25)26)16-9-7-14-11-23-15(10-17(14)20(16)24-18)8-6-13-4-2-1-3-5-13;/h1-11,24H,12,22H2,(H,25,26);1H/b8-6+;. The molecule has 0 unspecified atom stereocenters. The Morgan fingerprint density at radius 3 is 2.64 bits per heavy atom. The van der Waals surface area contributed by atoms with Crippen molar-refractivity contribution in [1.29, 1.82) is 0 Å². The number of nitrogens with two attached hydrogens (primary N) is 1. The average Bonchev–Trinajstić information content (AvgIpc) is 3.06. The maximum Gasteiger partial charge on any atom is 0.338 e. The second kappa shape index (κ2) is 8.22. The lowest BCUT2D eigenvalue weighted by atomic mass is 10.1. The minimum absolute atomic E-state index is 0. The van der Waals surface area contributed by atoms with Crippen LogP contribution in [0.3, 0.4) is 0 Å². The maximum absolute atomic E-state index is 11.7. The van der Waals surface area contributed by atoms with Gasteiger partial charge in [-0.2, -0.15) is 0 Å². The van der Waals surface area contributed by atoms with Gasteiger partial charge in [-0.3, -0.25) is 9.82 Å². The number of aromatic carboxylic acids is 1. The number of carbonyl (C=O) groups is 1. The third kappa shape index (κ3) is 3.61. The summed E-state index contributed by atoms with van der Waals surface area (Å²) in [6.45, 7) is -0.0103. The molecule has 0 radical (unpaired) electrons. The van der Waals surface area contributed by atoms with Crippen LogP contribution in [0.1, 0.15) is 27.3 Å². The highest BCUT2D eigenvalue weighted by atomic mass is 35.5. The molecule has 0 saturated carbocycles. The topological polar surface area (TPSA) is 101 Å². The predicted octanol–water partition coefficient (Wildman–Crippen LogP) is 4.40. The quantitative estimate of drug-likeness (QED) is 0.435. The molecule has 0 aliphatic carbocycles. The second-order valence-electron chi connectivity index (χ2n) is 6.16. The van der Waals surface area contributed by atoms with Crippen LogP contribution >= 0.6 is 12.4 Å². The zero-order valence-corrected chi connectivity index (χ0v) is 15.6. The van der Waals surface area contributed by atoms with Gasteiger partial charge in [0.15, 0.2) is 0 Å². The van der Waals surface area contributed by atoms with Gasteiger partial charge < -0.3 is 10.1 Å². The fourth-order valence-electron chi connectivity index (χ4n) is 3.22. The Morgan fingerprint density at radius 1 is 1.14 bits per heavy atom. The molecular weight excluding hydrogens is 378 g/mol. The Bertz CT molecular complexity index is 1170. The van der Waals surface area contributed by atoms with Gasteiger partial charge in [0.05, 0.1) is 22.5 Å². The molecule has 0 saturated heterocycles. The molecule has 6 nitrogen and oxygen atoms in total. The molecule has 7 heteroatoms. The van der Waals surface area contributed by atoms with Gasteiger partial charge in [-0.1, -0.05) is 48.5 Å². The zero-order valence-electron chi connectivity index (χ0n) is 14.8. The molecule has 0 bridgehead atoms. The van der Waals surface area contributed by atoms with E-state index in [2.05, 4.69) is 14.8 Å². The number of aromatic nitrogens is 2. The molecule has 2 heterocycles. The number of hydrogen-bond acceptors (Lipinski definition) is 4. The Kier molecular flexibility index (Phi) is 5.75. The summed E-state index contributed by atoms with van der Waals surface area (Å²) in [7, 11) is 0. The van der Waals surface area contributed by atoms with E-state index >= 15 is 0 Å². The first-order valence-electron chi connectivity index (χ1n) is 8.39. The first-order chi connectivity index (χ1) is 13.2. The van der Waals surface area contributed by atoms with Gasteiger partial charge in [-0.05, 0) is 17.7 Å². The first-order valence-corrected chi connectivity index (χ1v) is 8.39. The van der Waals surface area contributed by atoms with Crippen molar-refractivity contribution in [1.82, 2.24) is 9.97 Å². The number of halogens is 1. The number of rotatable bonds is 5. The number of H-pyrrole nitrogens is 1. The van der Waals surface area contributed by atoms with Crippen molar-refractivity contribution in [2.24, 2.45) is 5.90 Å². The Hall–Kier alpha value is -3.19. The van der Waals surface area contributed by atoms with Crippen LogP contribution in [0, 0.1) is 0 Å². The van der Waals surface area contributed by atoms with Gasteiger partial charge in [-0.25, -0.2) is 10.7 Å². The minimum Gasteiger partial charge on any atom is -0.478 e. The summed E-state index contributed by atoms with van der Waals surface area (Å²) in [5.74, 6) is 4.13. The molecule has 142 valence electrons. The summed E-state index contributed by atoms with van der Waals surface area (Å²) >= 11 is 0. The second-order valence-corrected chi connectivity index (χ2v) is 6.16. The summed E-state index contributed by atoms with van der Waals surface area (Å²) in [5, 5.41) is 12.0. The molecule has 0 aliphatic heterocycles. The van der Waals surface area contributed by atoms with Crippen LogP contribution in [0.4, 0.5) is 0 Å². The molecule has 0 fully saturated rings. The normalized spacial score (nSPS) is 11.2. The van der Waals surface area contributed by atoms with Crippen molar-refractivity contribution in [3.8, 4) is 0 Å². The molecule has 2 aromatic carbocycles. The number of carboxylic acids is 1. The van der Waals surface area contributed by atoms with Gasteiger partial charge in [0.2, 0.25) is 0 Å². The highest BCUT2D eigenvalue weighted by Gasteiger charge is 2.19. The molecule has 4 rings (SSSR count). The molecular formula is C21H18ClN3O3. The average molecular weight is 396 g/mol. The van der Waals surface area contributed by atoms with Crippen molar-refractivity contribution in [3.63, 3.8) is 0 Å². The summed E-state index contributed by atoms with van der Waals surface area (Å²) < 4.78 is 0. The van der Waals surface area contributed by atoms with Crippen molar-refractivity contribution in [2.75, 3.05) is 0 Å². The van der Waals surface area contributed by atoms with Crippen LogP contribution < -0.4 is 5.90 Å². The smallest absolute Gasteiger partial charge is 0.338 e. The molecule has 28 heavy (non-hydrogen) atoms. The molecule has 4 aromatic rings. The first kappa shape index (κ1) is 19.6. The van der Waals surface area contributed by atoms with Crippen LogP contribution in [0.15, 0.2) is 54.7 Å². The molecule has 0 aliphatic rings. The third-order valence-electron chi connectivity index (χ3n) is 4.46. The van der Waals surface area contributed by atoms with Gasteiger partial charge in [0.25, 0.3) is 0 Å². The molecule has 2 aromatic heterocycles. The number of hydrogen-bond donors (Lipinski definition) is 3. The molecule has 0 spiro atoms. The van der Waals surface area contributed by atoms with Crippen LogP contribution in [-0.4, -0.2) is 21.0 Å². The van der Waals surface area contributed by atoms with Crippen LogP contribution in [-0.2, 0) is 11.4 Å². The molecule has 0 amide bonds. The highest BCUT2D eigenvalue weighted by molar-refractivity contribution is 6.13. The van der Waals surface area contributed by atoms with E-state index in [0.29, 0.717) is 11.1 Å². The van der Waals surface area contributed by atoms with E-state index in [1.807, 2.05) is 54.6 Å². The monoisotopic (exact) mass is 395 g/mol. The van der Waals surface area contributed by atoms with Gasteiger partial charge >= 0.3 is 5.97 Å². The number of benzene rings is 2. The minimum atomic E-state index is -1.02. The number of nitrogens with zero attached hydrogens (tertiary/aromatic N) is 1. The van der Waals surface area contributed by atoms with Crippen LogP contribution in [0.2, 0.25) is 0 Å². The van der Waals surface area contributed by atoms with Crippen molar-refractivity contribution in [3.05, 3.63) is 77.2 Å². The number of fused-ring (bicyclic) bond motifs is 3. The summed E-state index contributed by atoms with van der Waals surface area (Å²) in [4.78, 5) is 24.0. The number of nitrogens with one attached hydrogen (secondary N) is 1. The van der Waals surface area contributed by atoms with E-state index in [9.17, 15) is 9.90 Å².